The number of likely N-dealkylation sites (tertiary alicyclic amines) is 1. The highest BCUT2D eigenvalue weighted by molar-refractivity contribution is 5.82. The summed E-state index contributed by atoms with van der Waals surface area (Å²) in [4.78, 5) is 2.48. The third-order valence-electron chi connectivity index (χ3n) is 6.61. The van der Waals surface area contributed by atoms with Gasteiger partial charge in [-0.3, -0.25) is 0 Å². The van der Waals surface area contributed by atoms with Crippen LogP contribution in [0.1, 0.15) is 23.3 Å². The van der Waals surface area contributed by atoms with Crippen molar-refractivity contribution in [3.8, 4) is 5.75 Å². The molecule has 1 aliphatic heterocycles. The van der Waals surface area contributed by atoms with Crippen molar-refractivity contribution in [1.82, 2.24) is 4.90 Å². The van der Waals surface area contributed by atoms with E-state index in [-0.39, 0.29) is 5.41 Å². The molecular weight excluding hydrogens is 322 g/mol. The zero-order valence-electron chi connectivity index (χ0n) is 15.5. The van der Waals surface area contributed by atoms with Crippen molar-refractivity contribution in [2.75, 3.05) is 27.2 Å². The fourth-order valence-corrected chi connectivity index (χ4v) is 5.19. The van der Waals surface area contributed by atoms with Gasteiger partial charge in [-0.1, -0.05) is 30.3 Å². The molecule has 3 aromatic rings. The molecule has 1 aromatic heterocycles. The molecular formula is C23H25NO2. The summed E-state index contributed by atoms with van der Waals surface area (Å²) in [5.41, 5.74) is 4.01. The van der Waals surface area contributed by atoms with E-state index < -0.39 is 0 Å². The van der Waals surface area contributed by atoms with Crippen molar-refractivity contribution in [1.29, 1.82) is 0 Å². The van der Waals surface area contributed by atoms with E-state index >= 15 is 0 Å². The number of fused-ring (bicyclic) bond motifs is 4. The fraction of sp³-hybridized carbons (Fsp3) is 0.391. The summed E-state index contributed by atoms with van der Waals surface area (Å²) in [6.07, 6.45) is 3.24. The Morgan fingerprint density at radius 1 is 1.15 bits per heavy atom. The number of hydrogen-bond donors (Lipinski definition) is 0. The molecule has 134 valence electrons. The van der Waals surface area contributed by atoms with E-state index in [0.29, 0.717) is 5.92 Å². The number of benzene rings is 2. The maximum Gasteiger partial charge on any atom is 0.134 e. The van der Waals surface area contributed by atoms with Gasteiger partial charge in [0.2, 0.25) is 0 Å². The van der Waals surface area contributed by atoms with Gasteiger partial charge in [0, 0.05) is 29.3 Å². The van der Waals surface area contributed by atoms with Crippen molar-refractivity contribution in [3.05, 3.63) is 65.4 Å². The molecule has 2 aliphatic rings. The van der Waals surface area contributed by atoms with Gasteiger partial charge in [0.25, 0.3) is 0 Å². The second kappa shape index (κ2) is 5.88. The van der Waals surface area contributed by atoms with Crippen LogP contribution in [0.4, 0.5) is 0 Å². The minimum absolute atomic E-state index is 0.141. The molecule has 1 fully saturated rings. The summed E-state index contributed by atoms with van der Waals surface area (Å²) in [5.74, 6) is 2.74. The van der Waals surface area contributed by atoms with Gasteiger partial charge in [-0.05, 0) is 56.1 Å². The van der Waals surface area contributed by atoms with Gasteiger partial charge in [0.05, 0.1) is 7.11 Å². The van der Waals surface area contributed by atoms with E-state index in [1.807, 2.05) is 6.07 Å². The quantitative estimate of drug-likeness (QED) is 0.686. The van der Waals surface area contributed by atoms with Crippen molar-refractivity contribution in [3.63, 3.8) is 0 Å². The van der Waals surface area contributed by atoms with Gasteiger partial charge >= 0.3 is 0 Å². The Bertz CT molecular complexity index is 960. The summed E-state index contributed by atoms with van der Waals surface area (Å²) in [6.45, 7) is 2.26. The molecule has 26 heavy (non-hydrogen) atoms. The zero-order valence-corrected chi connectivity index (χ0v) is 15.5. The van der Waals surface area contributed by atoms with E-state index in [0.717, 1.165) is 43.7 Å². The molecule has 3 heteroatoms. The molecule has 0 saturated carbocycles. The van der Waals surface area contributed by atoms with Crippen molar-refractivity contribution in [2.24, 2.45) is 5.92 Å². The number of rotatable bonds is 2. The Hall–Kier alpha value is -2.26. The third-order valence-corrected chi connectivity index (χ3v) is 6.61. The average molecular weight is 347 g/mol. The molecule has 2 heterocycles. The van der Waals surface area contributed by atoms with E-state index in [4.69, 9.17) is 9.15 Å². The molecule has 2 unspecified atom stereocenters. The molecule has 0 amide bonds. The van der Waals surface area contributed by atoms with Crippen LogP contribution in [0.25, 0.3) is 11.0 Å². The summed E-state index contributed by atoms with van der Waals surface area (Å²) in [6, 6.07) is 17.2. The maximum atomic E-state index is 6.32. The smallest absolute Gasteiger partial charge is 0.134 e. The minimum Gasteiger partial charge on any atom is -0.497 e. The summed E-state index contributed by atoms with van der Waals surface area (Å²) in [5, 5.41) is 1.30. The van der Waals surface area contributed by atoms with Gasteiger partial charge in [-0.2, -0.15) is 0 Å². The Kier molecular flexibility index (Phi) is 3.61. The predicted octanol–water partition coefficient (Wildman–Crippen LogP) is 4.43. The SMILES string of the molecule is COc1cccc(C23CCN(C)CC2Cc2c(oc4ccccc24)C3)c1. The van der Waals surface area contributed by atoms with Crippen LogP contribution in [0.15, 0.2) is 52.9 Å². The second-order valence-corrected chi connectivity index (χ2v) is 7.98. The Morgan fingerprint density at radius 2 is 2.04 bits per heavy atom. The number of piperidine rings is 1. The second-order valence-electron chi connectivity index (χ2n) is 7.98. The average Bonchev–Trinajstić information content (AvgIpc) is 3.03. The lowest BCUT2D eigenvalue weighted by atomic mass is 9.59. The van der Waals surface area contributed by atoms with Crippen LogP contribution in [0.3, 0.4) is 0 Å². The van der Waals surface area contributed by atoms with Gasteiger partial charge in [-0.25, -0.2) is 0 Å². The molecule has 0 bridgehead atoms. The van der Waals surface area contributed by atoms with Crippen LogP contribution in [-0.4, -0.2) is 32.1 Å². The Balaban J connectivity index is 1.66. The summed E-state index contributed by atoms with van der Waals surface area (Å²) in [7, 11) is 4.00. The van der Waals surface area contributed by atoms with Crippen LogP contribution in [0.5, 0.6) is 5.75 Å². The molecule has 2 atom stereocenters. The molecule has 0 radical (unpaired) electrons. The number of ether oxygens (including phenoxy) is 1. The highest BCUT2D eigenvalue weighted by atomic mass is 16.5. The van der Waals surface area contributed by atoms with Crippen LogP contribution in [-0.2, 0) is 18.3 Å². The maximum absolute atomic E-state index is 6.32. The first kappa shape index (κ1) is 16.0. The number of nitrogens with zero attached hydrogens (tertiary/aromatic N) is 1. The van der Waals surface area contributed by atoms with E-state index in [1.165, 1.54) is 22.3 Å². The Morgan fingerprint density at radius 3 is 2.92 bits per heavy atom. The lowest BCUT2D eigenvalue weighted by molar-refractivity contribution is 0.0944. The first-order chi connectivity index (χ1) is 12.7. The molecule has 3 nitrogen and oxygen atoms in total. The van der Waals surface area contributed by atoms with Crippen LogP contribution >= 0.6 is 0 Å². The molecule has 1 saturated heterocycles. The van der Waals surface area contributed by atoms with Crippen molar-refractivity contribution in [2.45, 2.75) is 24.7 Å². The van der Waals surface area contributed by atoms with E-state index in [9.17, 15) is 0 Å². The van der Waals surface area contributed by atoms with Gasteiger partial charge in [0.15, 0.2) is 0 Å². The van der Waals surface area contributed by atoms with Gasteiger partial charge in [0.1, 0.15) is 17.1 Å². The number of furan rings is 1. The monoisotopic (exact) mass is 347 g/mol. The van der Waals surface area contributed by atoms with Gasteiger partial charge < -0.3 is 14.1 Å². The lowest BCUT2D eigenvalue weighted by Crippen LogP contribution is -2.52. The van der Waals surface area contributed by atoms with E-state index in [1.54, 1.807) is 7.11 Å². The topological polar surface area (TPSA) is 25.6 Å². The summed E-state index contributed by atoms with van der Waals surface area (Å²) >= 11 is 0. The molecule has 5 rings (SSSR count). The highest BCUT2D eigenvalue weighted by Gasteiger charge is 2.48. The first-order valence-corrected chi connectivity index (χ1v) is 9.52. The zero-order chi connectivity index (χ0) is 17.7. The minimum atomic E-state index is 0.141. The van der Waals surface area contributed by atoms with Crippen LogP contribution in [0, 0.1) is 5.92 Å². The summed E-state index contributed by atoms with van der Waals surface area (Å²) < 4.78 is 11.9. The van der Waals surface area contributed by atoms with Gasteiger partial charge in [-0.15, -0.1) is 0 Å². The normalized spacial score (nSPS) is 25.7. The largest absolute Gasteiger partial charge is 0.497 e. The highest BCUT2D eigenvalue weighted by Crippen LogP contribution is 2.50. The molecule has 0 spiro atoms. The van der Waals surface area contributed by atoms with Crippen LogP contribution < -0.4 is 4.74 Å². The lowest BCUT2D eigenvalue weighted by Gasteiger charge is -2.50. The third kappa shape index (κ3) is 2.30. The molecule has 1 aliphatic carbocycles. The number of para-hydroxylation sites is 1. The fourth-order valence-electron chi connectivity index (χ4n) is 5.19. The first-order valence-electron chi connectivity index (χ1n) is 9.52. The predicted molar refractivity (Wildman–Crippen MR) is 104 cm³/mol. The number of hydrogen-bond acceptors (Lipinski definition) is 3. The molecule has 0 N–H and O–H groups in total. The van der Waals surface area contributed by atoms with Crippen molar-refractivity contribution >= 4 is 11.0 Å². The Labute approximate surface area is 154 Å². The van der Waals surface area contributed by atoms with Crippen LogP contribution in [0.2, 0.25) is 0 Å². The number of methoxy groups -OCH3 is 1. The molecule has 2 aromatic carbocycles. The standard InChI is InChI=1S/C23H25NO2/c1-24-11-10-23(16-6-5-7-18(12-16)25-2)14-22-20(13-17(23)15-24)19-8-3-4-9-21(19)26-22/h3-9,12,17H,10-11,13-15H2,1-2H3. The van der Waals surface area contributed by atoms with E-state index in [2.05, 4.69) is 54.4 Å². The van der Waals surface area contributed by atoms with Crippen molar-refractivity contribution < 1.29 is 9.15 Å².